The van der Waals surface area contributed by atoms with Gasteiger partial charge in [-0.3, -0.25) is 14.4 Å². The van der Waals surface area contributed by atoms with Gasteiger partial charge in [-0.05, 0) is 67.9 Å². The highest BCUT2D eigenvalue weighted by atomic mass is 35.5. The zero-order valence-corrected chi connectivity index (χ0v) is 19.6. The Balaban J connectivity index is 1.44. The summed E-state index contributed by atoms with van der Waals surface area (Å²) in [6.07, 6.45) is 4.09. The molecule has 0 bridgehead atoms. The molecule has 8 heteroatoms. The quantitative estimate of drug-likeness (QED) is 0.527. The minimum Gasteiger partial charge on any atom is -0.492 e. The van der Waals surface area contributed by atoms with Crippen LogP contribution in [0.2, 0.25) is 5.02 Å². The number of hydrogen-bond donors (Lipinski definition) is 2. The summed E-state index contributed by atoms with van der Waals surface area (Å²) in [6, 6.07) is 15.3. The first-order chi connectivity index (χ1) is 16.0. The number of ether oxygens (including phenoxy) is 1. The molecule has 0 atom stereocenters. The van der Waals surface area contributed by atoms with Crippen molar-refractivity contribution in [3.8, 4) is 17.0 Å². The van der Waals surface area contributed by atoms with E-state index in [1.807, 2.05) is 43.4 Å². The molecule has 33 heavy (non-hydrogen) atoms. The average Bonchev–Trinajstić information content (AvgIpc) is 3.23. The lowest BCUT2D eigenvalue weighted by Crippen LogP contribution is -2.41. The van der Waals surface area contributed by atoms with Gasteiger partial charge in [0.25, 0.3) is 0 Å². The van der Waals surface area contributed by atoms with E-state index < -0.39 is 0 Å². The molecule has 1 aromatic heterocycles. The Kier molecular flexibility index (Phi) is 7.65. The molecule has 174 valence electrons. The van der Waals surface area contributed by atoms with Gasteiger partial charge in [0.2, 0.25) is 5.91 Å². The Morgan fingerprint density at radius 3 is 2.64 bits per heavy atom. The van der Waals surface area contributed by atoms with Crippen LogP contribution >= 0.6 is 11.6 Å². The summed E-state index contributed by atoms with van der Waals surface area (Å²) in [4.78, 5) is 15.0. The second-order valence-corrected chi connectivity index (χ2v) is 8.87. The number of aryl methyl sites for hydroxylation is 1. The fourth-order valence-corrected chi connectivity index (χ4v) is 4.15. The smallest absolute Gasteiger partial charge is 0.228 e. The van der Waals surface area contributed by atoms with Gasteiger partial charge < -0.3 is 15.8 Å². The number of carbonyl (C=O) groups is 1. The van der Waals surface area contributed by atoms with Crippen LogP contribution in [0.25, 0.3) is 11.3 Å². The molecule has 3 N–H and O–H groups in total. The number of piperidine rings is 1. The van der Waals surface area contributed by atoms with Crippen LogP contribution in [0.15, 0.2) is 54.7 Å². The van der Waals surface area contributed by atoms with Crippen molar-refractivity contribution >= 4 is 23.2 Å². The van der Waals surface area contributed by atoms with Crippen molar-refractivity contribution in [2.24, 2.45) is 12.8 Å². The zero-order chi connectivity index (χ0) is 23.2. The van der Waals surface area contributed by atoms with Crippen LogP contribution in [-0.4, -0.2) is 52.9 Å². The third kappa shape index (κ3) is 6.35. The number of likely N-dealkylation sites (tertiary alicyclic amines) is 1. The normalized spacial score (nSPS) is 14.9. The van der Waals surface area contributed by atoms with E-state index in [-0.39, 0.29) is 12.3 Å². The van der Waals surface area contributed by atoms with Crippen LogP contribution in [0.4, 0.5) is 5.69 Å². The van der Waals surface area contributed by atoms with Gasteiger partial charge in [-0.25, -0.2) is 0 Å². The van der Waals surface area contributed by atoms with Crippen LogP contribution in [-0.2, 0) is 18.3 Å². The van der Waals surface area contributed by atoms with Gasteiger partial charge in [0, 0.05) is 42.1 Å². The Bertz CT molecular complexity index is 1070. The summed E-state index contributed by atoms with van der Waals surface area (Å²) in [5.74, 6) is 0.674. The maximum absolute atomic E-state index is 12.6. The summed E-state index contributed by atoms with van der Waals surface area (Å²) in [5.41, 5.74) is 9.42. The van der Waals surface area contributed by atoms with E-state index in [9.17, 15) is 4.79 Å². The number of nitrogens with two attached hydrogens (primary N) is 1. The Morgan fingerprint density at radius 1 is 1.18 bits per heavy atom. The summed E-state index contributed by atoms with van der Waals surface area (Å²) in [6.45, 7) is 3.47. The SMILES string of the molecule is Cn1nccc1-c1cc(NC(=O)Cc2ccc(Cl)cc2)ccc1OCCN1CCC(N)CC1. The molecule has 2 aromatic carbocycles. The highest BCUT2D eigenvalue weighted by molar-refractivity contribution is 6.30. The molecule has 7 nitrogen and oxygen atoms in total. The zero-order valence-electron chi connectivity index (χ0n) is 18.8. The van der Waals surface area contributed by atoms with Crippen molar-refractivity contribution in [3.05, 3.63) is 65.3 Å². The van der Waals surface area contributed by atoms with E-state index in [0.717, 1.165) is 55.0 Å². The van der Waals surface area contributed by atoms with Crippen LogP contribution in [0.1, 0.15) is 18.4 Å². The van der Waals surface area contributed by atoms with Gasteiger partial charge in [0.15, 0.2) is 0 Å². The number of hydrogen-bond acceptors (Lipinski definition) is 5. The van der Waals surface area contributed by atoms with Gasteiger partial charge in [-0.15, -0.1) is 0 Å². The van der Waals surface area contributed by atoms with E-state index in [1.165, 1.54) is 0 Å². The molecule has 1 aliphatic heterocycles. The molecule has 0 unspecified atom stereocenters. The second-order valence-electron chi connectivity index (χ2n) is 8.43. The molecule has 1 saturated heterocycles. The highest BCUT2D eigenvalue weighted by Crippen LogP contribution is 2.32. The van der Waals surface area contributed by atoms with Gasteiger partial charge >= 0.3 is 0 Å². The van der Waals surface area contributed by atoms with Crippen molar-refractivity contribution < 1.29 is 9.53 Å². The third-order valence-electron chi connectivity index (χ3n) is 5.94. The largest absolute Gasteiger partial charge is 0.492 e. The van der Waals surface area contributed by atoms with Crippen molar-refractivity contribution in [2.45, 2.75) is 25.3 Å². The molecule has 1 fully saturated rings. The van der Waals surface area contributed by atoms with Crippen LogP contribution in [0, 0.1) is 0 Å². The van der Waals surface area contributed by atoms with Crippen molar-refractivity contribution in [3.63, 3.8) is 0 Å². The molecule has 0 spiro atoms. The summed E-state index contributed by atoms with van der Waals surface area (Å²) in [7, 11) is 1.89. The second kappa shape index (κ2) is 10.8. The summed E-state index contributed by atoms with van der Waals surface area (Å²) < 4.78 is 7.97. The Hall–Kier alpha value is -2.87. The van der Waals surface area contributed by atoms with Crippen LogP contribution < -0.4 is 15.8 Å². The van der Waals surface area contributed by atoms with Crippen LogP contribution in [0.5, 0.6) is 5.75 Å². The molecule has 0 saturated carbocycles. The third-order valence-corrected chi connectivity index (χ3v) is 6.19. The lowest BCUT2D eigenvalue weighted by atomic mass is 10.1. The lowest BCUT2D eigenvalue weighted by molar-refractivity contribution is -0.115. The molecule has 1 aliphatic rings. The maximum atomic E-state index is 12.6. The Labute approximate surface area is 199 Å². The van der Waals surface area contributed by atoms with E-state index in [0.29, 0.717) is 23.4 Å². The Morgan fingerprint density at radius 2 is 1.94 bits per heavy atom. The fourth-order valence-electron chi connectivity index (χ4n) is 4.03. The van der Waals surface area contributed by atoms with E-state index >= 15 is 0 Å². The standard InChI is InChI=1S/C25H30ClN5O2/c1-30-23(8-11-28-30)22-17-21(29-25(32)16-18-2-4-19(26)5-3-18)6-7-24(22)33-15-14-31-12-9-20(27)10-13-31/h2-8,11,17,20H,9-10,12-16,27H2,1H3,(H,29,32). The molecule has 1 amide bonds. The molecule has 3 aromatic rings. The van der Waals surface area contributed by atoms with Crippen molar-refractivity contribution in [2.75, 3.05) is 31.6 Å². The predicted molar refractivity (Wildman–Crippen MR) is 132 cm³/mol. The van der Waals surface area contributed by atoms with Gasteiger partial charge in [0.1, 0.15) is 12.4 Å². The first-order valence-electron chi connectivity index (χ1n) is 11.3. The number of amides is 1. The summed E-state index contributed by atoms with van der Waals surface area (Å²) in [5, 5.41) is 7.93. The number of aromatic nitrogens is 2. The van der Waals surface area contributed by atoms with Gasteiger partial charge in [-0.1, -0.05) is 23.7 Å². The molecule has 0 radical (unpaired) electrons. The van der Waals surface area contributed by atoms with Gasteiger partial charge in [-0.2, -0.15) is 5.10 Å². The van der Waals surface area contributed by atoms with Crippen molar-refractivity contribution in [1.29, 1.82) is 0 Å². The van der Waals surface area contributed by atoms with Crippen molar-refractivity contribution in [1.82, 2.24) is 14.7 Å². The highest BCUT2D eigenvalue weighted by Gasteiger charge is 2.17. The first-order valence-corrected chi connectivity index (χ1v) is 11.6. The summed E-state index contributed by atoms with van der Waals surface area (Å²) >= 11 is 5.93. The number of rotatable bonds is 8. The number of halogens is 1. The molecule has 0 aliphatic carbocycles. The molecule has 2 heterocycles. The molecular weight excluding hydrogens is 438 g/mol. The number of benzene rings is 2. The molecular formula is C25H30ClN5O2. The molecule has 4 rings (SSSR count). The fraction of sp³-hybridized carbons (Fsp3) is 0.360. The van der Waals surface area contributed by atoms with Crippen LogP contribution in [0.3, 0.4) is 0 Å². The average molecular weight is 468 g/mol. The predicted octanol–water partition coefficient (Wildman–Crippen LogP) is 3.72. The maximum Gasteiger partial charge on any atom is 0.228 e. The topological polar surface area (TPSA) is 85.4 Å². The number of nitrogens with one attached hydrogen (secondary N) is 1. The van der Waals surface area contributed by atoms with E-state index in [2.05, 4.69) is 15.3 Å². The number of anilines is 1. The first kappa shape index (κ1) is 23.3. The monoisotopic (exact) mass is 467 g/mol. The minimum absolute atomic E-state index is 0.0924. The van der Waals surface area contributed by atoms with E-state index in [1.54, 1.807) is 23.0 Å². The van der Waals surface area contributed by atoms with Gasteiger partial charge in [0.05, 0.1) is 12.1 Å². The lowest BCUT2D eigenvalue weighted by Gasteiger charge is -2.29. The number of nitrogens with zero attached hydrogens (tertiary/aromatic N) is 3. The van der Waals surface area contributed by atoms with E-state index in [4.69, 9.17) is 22.1 Å². The number of carbonyl (C=O) groups excluding carboxylic acids is 1. The minimum atomic E-state index is -0.0924.